The van der Waals surface area contributed by atoms with Crippen LogP contribution in [0.1, 0.15) is 31.9 Å². The fraction of sp³-hybridized carbons (Fsp3) is 0.273. The van der Waals surface area contributed by atoms with Crippen molar-refractivity contribution in [2.45, 2.75) is 33.3 Å². The van der Waals surface area contributed by atoms with Gasteiger partial charge in [0.2, 0.25) is 0 Å². The van der Waals surface area contributed by atoms with Gasteiger partial charge in [-0.1, -0.05) is 12.1 Å². The van der Waals surface area contributed by atoms with Crippen LogP contribution in [0.15, 0.2) is 53.8 Å². The number of aliphatic imine (C=N–C) groups is 1. The number of anilines is 1. The Hall–Kier alpha value is -3.68. The second-order valence-corrected chi connectivity index (χ2v) is 7.90. The Bertz CT molecular complexity index is 1100. The minimum absolute atomic E-state index is 0.218. The van der Waals surface area contributed by atoms with E-state index in [1.54, 1.807) is 57.0 Å². The van der Waals surface area contributed by atoms with Crippen LogP contribution < -0.4 is 11.1 Å². The van der Waals surface area contributed by atoms with E-state index in [1.165, 1.54) is 0 Å². The lowest BCUT2D eigenvalue weighted by molar-refractivity contribution is 0.0636. The van der Waals surface area contributed by atoms with Gasteiger partial charge in [-0.05, 0) is 51.5 Å². The summed E-state index contributed by atoms with van der Waals surface area (Å²) in [6.07, 6.45) is 2.94. The number of ether oxygens (including phenoxy) is 1. The molecule has 0 aliphatic rings. The molecule has 0 aliphatic heterocycles. The van der Waals surface area contributed by atoms with Gasteiger partial charge in [-0.2, -0.15) is 5.10 Å². The number of hydrogen-bond acceptors (Lipinski definition) is 5. The van der Waals surface area contributed by atoms with E-state index in [1.807, 2.05) is 31.2 Å². The monoisotopic (exact) mass is 406 g/mol. The topological polar surface area (TPSA) is 107 Å². The van der Waals surface area contributed by atoms with E-state index in [0.29, 0.717) is 17.1 Å². The van der Waals surface area contributed by atoms with E-state index in [0.717, 1.165) is 16.8 Å². The van der Waals surface area contributed by atoms with E-state index in [9.17, 15) is 4.79 Å². The summed E-state index contributed by atoms with van der Waals surface area (Å²) in [7, 11) is 1.80. The molecular formula is C22H26N6O2. The van der Waals surface area contributed by atoms with Gasteiger partial charge in [0.1, 0.15) is 11.4 Å². The van der Waals surface area contributed by atoms with Gasteiger partial charge in [0.25, 0.3) is 0 Å². The number of nitrogens with zero attached hydrogens (tertiary/aromatic N) is 4. The Kier molecular flexibility index (Phi) is 5.86. The summed E-state index contributed by atoms with van der Waals surface area (Å²) >= 11 is 0. The highest BCUT2D eigenvalue weighted by atomic mass is 16.6. The molecule has 0 bridgehead atoms. The number of aromatic nitrogens is 3. The van der Waals surface area contributed by atoms with E-state index in [-0.39, 0.29) is 5.84 Å². The Morgan fingerprint density at radius 2 is 2.00 bits per heavy atom. The summed E-state index contributed by atoms with van der Waals surface area (Å²) in [6, 6.07) is 11.1. The van der Waals surface area contributed by atoms with Crippen LogP contribution in [0.3, 0.4) is 0 Å². The molecule has 3 rings (SSSR count). The molecule has 0 saturated carbocycles. The van der Waals surface area contributed by atoms with Crippen LogP contribution in [0.5, 0.6) is 0 Å². The number of carbonyl (C=O) groups is 1. The maximum absolute atomic E-state index is 12.3. The maximum Gasteiger partial charge on any atom is 0.412 e. The molecule has 0 saturated heterocycles. The fourth-order valence-electron chi connectivity index (χ4n) is 2.86. The van der Waals surface area contributed by atoms with Crippen molar-refractivity contribution in [1.29, 1.82) is 0 Å². The molecule has 0 spiro atoms. The van der Waals surface area contributed by atoms with E-state index in [2.05, 4.69) is 20.4 Å². The SMILES string of the molecule is Cc1cccnc1-c1ccc(NC(=O)OC(C)(C)C)c(C(N)=Nc2ccn(C)n2)c1. The van der Waals surface area contributed by atoms with Crippen LogP contribution >= 0.6 is 0 Å². The van der Waals surface area contributed by atoms with Crippen LogP contribution in [-0.4, -0.2) is 32.3 Å². The first-order chi connectivity index (χ1) is 14.1. The first kappa shape index (κ1) is 21.0. The highest BCUT2D eigenvalue weighted by molar-refractivity contribution is 6.06. The number of hydrogen-bond donors (Lipinski definition) is 2. The van der Waals surface area contributed by atoms with Crippen molar-refractivity contribution in [3.05, 3.63) is 59.9 Å². The van der Waals surface area contributed by atoms with Crippen LogP contribution in [0.4, 0.5) is 16.3 Å². The van der Waals surface area contributed by atoms with Gasteiger partial charge < -0.3 is 10.5 Å². The summed E-state index contributed by atoms with van der Waals surface area (Å²) in [5, 5.41) is 7.00. The zero-order valence-corrected chi connectivity index (χ0v) is 17.8. The standard InChI is InChI=1S/C22H26N6O2/c1-14-7-6-11-24-19(14)15-8-9-17(25-21(29)30-22(2,3)4)16(13-15)20(23)26-18-10-12-28(5)27-18/h6-13H,1-5H3,(H,25,29)(H2,23,26,27). The quantitative estimate of drug-likeness (QED) is 0.499. The molecule has 0 radical (unpaired) electrons. The number of benzene rings is 1. The number of aryl methyl sites for hydroxylation is 2. The smallest absolute Gasteiger partial charge is 0.412 e. The van der Waals surface area contributed by atoms with E-state index < -0.39 is 11.7 Å². The fourth-order valence-corrected chi connectivity index (χ4v) is 2.86. The molecule has 0 unspecified atom stereocenters. The van der Waals surface area contributed by atoms with Crippen LogP contribution in [-0.2, 0) is 11.8 Å². The van der Waals surface area contributed by atoms with Crippen LogP contribution in [0.25, 0.3) is 11.3 Å². The molecule has 1 aromatic carbocycles. The van der Waals surface area contributed by atoms with Crippen LogP contribution in [0, 0.1) is 6.92 Å². The molecule has 2 aromatic heterocycles. The molecule has 8 heteroatoms. The molecule has 0 atom stereocenters. The largest absolute Gasteiger partial charge is 0.444 e. The van der Waals surface area contributed by atoms with Crippen molar-refractivity contribution >= 4 is 23.4 Å². The number of pyridine rings is 1. The highest BCUT2D eigenvalue weighted by Gasteiger charge is 2.19. The number of rotatable bonds is 4. The van der Waals surface area contributed by atoms with E-state index in [4.69, 9.17) is 10.5 Å². The Labute approximate surface area is 175 Å². The predicted molar refractivity (Wildman–Crippen MR) is 118 cm³/mol. The van der Waals surface area contributed by atoms with Gasteiger partial charge in [-0.15, -0.1) is 0 Å². The molecule has 3 aromatic rings. The normalized spacial score (nSPS) is 12.0. The third kappa shape index (κ3) is 5.22. The average Bonchev–Trinajstić information content (AvgIpc) is 3.05. The van der Waals surface area contributed by atoms with Gasteiger partial charge in [-0.25, -0.2) is 9.79 Å². The van der Waals surface area contributed by atoms with Crippen molar-refractivity contribution in [1.82, 2.24) is 14.8 Å². The molecule has 3 N–H and O–H groups in total. The minimum Gasteiger partial charge on any atom is -0.444 e. The summed E-state index contributed by atoms with van der Waals surface area (Å²) in [5.74, 6) is 0.688. The first-order valence-corrected chi connectivity index (χ1v) is 9.52. The lowest BCUT2D eigenvalue weighted by atomic mass is 10.0. The van der Waals surface area contributed by atoms with E-state index >= 15 is 0 Å². The molecule has 156 valence electrons. The van der Waals surface area contributed by atoms with Gasteiger partial charge in [0, 0.05) is 36.6 Å². The molecule has 0 aliphatic carbocycles. The minimum atomic E-state index is -0.622. The molecule has 8 nitrogen and oxygen atoms in total. The first-order valence-electron chi connectivity index (χ1n) is 9.52. The third-order valence-corrected chi connectivity index (χ3v) is 4.15. The maximum atomic E-state index is 12.3. The molecular weight excluding hydrogens is 380 g/mol. The average molecular weight is 406 g/mol. The summed E-state index contributed by atoms with van der Waals surface area (Å²) in [6.45, 7) is 7.40. The van der Waals surface area contributed by atoms with Gasteiger partial charge in [-0.3, -0.25) is 15.0 Å². The number of nitrogens with two attached hydrogens (primary N) is 1. The Balaban J connectivity index is 2.04. The molecule has 30 heavy (non-hydrogen) atoms. The summed E-state index contributed by atoms with van der Waals surface area (Å²) in [5.41, 5.74) is 9.44. The van der Waals surface area contributed by atoms with Crippen molar-refractivity contribution in [3.63, 3.8) is 0 Å². The zero-order chi connectivity index (χ0) is 21.9. The Morgan fingerprint density at radius 1 is 1.23 bits per heavy atom. The van der Waals surface area contributed by atoms with Gasteiger partial charge >= 0.3 is 6.09 Å². The highest BCUT2D eigenvalue weighted by Crippen LogP contribution is 2.27. The second kappa shape index (κ2) is 8.36. The van der Waals surface area contributed by atoms with Crippen molar-refractivity contribution in [2.24, 2.45) is 17.8 Å². The molecule has 0 fully saturated rings. The van der Waals surface area contributed by atoms with Gasteiger partial charge in [0.15, 0.2) is 5.82 Å². The number of nitrogens with one attached hydrogen (secondary N) is 1. The zero-order valence-electron chi connectivity index (χ0n) is 17.8. The lowest BCUT2D eigenvalue weighted by Crippen LogP contribution is -2.28. The van der Waals surface area contributed by atoms with Crippen LogP contribution in [0.2, 0.25) is 0 Å². The second-order valence-electron chi connectivity index (χ2n) is 7.90. The number of amidine groups is 1. The van der Waals surface area contributed by atoms with Crippen molar-refractivity contribution in [2.75, 3.05) is 5.32 Å². The van der Waals surface area contributed by atoms with Crippen molar-refractivity contribution in [3.8, 4) is 11.3 Å². The third-order valence-electron chi connectivity index (χ3n) is 4.15. The Morgan fingerprint density at radius 3 is 2.63 bits per heavy atom. The van der Waals surface area contributed by atoms with Crippen molar-refractivity contribution < 1.29 is 9.53 Å². The molecule has 1 amide bonds. The van der Waals surface area contributed by atoms with Gasteiger partial charge in [0.05, 0.1) is 11.4 Å². The molecule has 2 heterocycles. The summed E-state index contributed by atoms with van der Waals surface area (Å²) in [4.78, 5) is 21.2. The predicted octanol–water partition coefficient (Wildman–Crippen LogP) is 4.17. The lowest BCUT2D eigenvalue weighted by Gasteiger charge is -2.20. The number of amides is 1. The summed E-state index contributed by atoms with van der Waals surface area (Å²) < 4.78 is 7.01. The number of carbonyl (C=O) groups excluding carboxylic acids is 1.